The summed E-state index contributed by atoms with van der Waals surface area (Å²) in [6, 6.07) is 8.27. The number of anilines is 1. The molecular formula is C16H22N4. The summed E-state index contributed by atoms with van der Waals surface area (Å²) in [6.45, 7) is 3.34. The first kappa shape index (κ1) is 13.3. The van der Waals surface area contributed by atoms with Gasteiger partial charge in [0.05, 0.1) is 5.52 Å². The summed E-state index contributed by atoms with van der Waals surface area (Å²) >= 11 is 0. The molecule has 1 aromatic heterocycles. The van der Waals surface area contributed by atoms with E-state index in [0.29, 0.717) is 0 Å². The SMILES string of the molecule is CNCCC1CCN(c2ncnc3ccccc23)CC1. The second-order valence-electron chi connectivity index (χ2n) is 5.54. The first-order chi connectivity index (χ1) is 9.88. The maximum Gasteiger partial charge on any atom is 0.139 e. The predicted molar refractivity (Wildman–Crippen MR) is 83.0 cm³/mol. The Labute approximate surface area is 120 Å². The van der Waals surface area contributed by atoms with Crippen molar-refractivity contribution in [3.63, 3.8) is 0 Å². The number of piperidine rings is 1. The van der Waals surface area contributed by atoms with Crippen LogP contribution in [-0.2, 0) is 0 Å². The van der Waals surface area contributed by atoms with Crippen molar-refractivity contribution in [2.24, 2.45) is 5.92 Å². The van der Waals surface area contributed by atoms with Crippen LogP contribution in [-0.4, -0.2) is 36.6 Å². The van der Waals surface area contributed by atoms with Crippen LogP contribution in [0.1, 0.15) is 19.3 Å². The minimum atomic E-state index is 0.854. The summed E-state index contributed by atoms with van der Waals surface area (Å²) in [5.74, 6) is 1.95. The first-order valence-corrected chi connectivity index (χ1v) is 7.48. The van der Waals surface area contributed by atoms with Gasteiger partial charge >= 0.3 is 0 Å². The number of hydrogen-bond acceptors (Lipinski definition) is 4. The molecule has 0 spiro atoms. The van der Waals surface area contributed by atoms with Crippen LogP contribution in [0, 0.1) is 5.92 Å². The Morgan fingerprint density at radius 3 is 2.80 bits per heavy atom. The Balaban J connectivity index is 1.74. The molecule has 1 aromatic carbocycles. The topological polar surface area (TPSA) is 41.0 Å². The highest BCUT2D eigenvalue weighted by Gasteiger charge is 2.21. The fourth-order valence-corrected chi connectivity index (χ4v) is 3.02. The van der Waals surface area contributed by atoms with E-state index in [4.69, 9.17) is 0 Å². The monoisotopic (exact) mass is 270 g/mol. The Morgan fingerprint density at radius 1 is 1.20 bits per heavy atom. The van der Waals surface area contributed by atoms with Gasteiger partial charge in [-0.25, -0.2) is 9.97 Å². The summed E-state index contributed by atoms with van der Waals surface area (Å²) < 4.78 is 0. The lowest BCUT2D eigenvalue weighted by atomic mass is 9.93. The van der Waals surface area contributed by atoms with Crippen molar-refractivity contribution < 1.29 is 0 Å². The third-order valence-electron chi connectivity index (χ3n) is 4.24. The fourth-order valence-electron chi connectivity index (χ4n) is 3.02. The third kappa shape index (κ3) is 2.75. The molecule has 0 amide bonds. The third-order valence-corrected chi connectivity index (χ3v) is 4.24. The molecule has 0 aliphatic carbocycles. The van der Waals surface area contributed by atoms with Gasteiger partial charge in [0.25, 0.3) is 0 Å². The van der Waals surface area contributed by atoms with E-state index >= 15 is 0 Å². The van der Waals surface area contributed by atoms with Gasteiger partial charge in [-0.3, -0.25) is 0 Å². The molecule has 0 unspecified atom stereocenters. The summed E-state index contributed by atoms with van der Waals surface area (Å²) in [5.41, 5.74) is 1.04. The zero-order chi connectivity index (χ0) is 13.8. The van der Waals surface area contributed by atoms with E-state index in [1.54, 1.807) is 6.33 Å². The largest absolute Gasteiger partial charge is 0.356 e. The lowest BCUT2D eigenvalue weighted by Gasteiger charge is -2.33. The number of hydrogen-bond donors (Lipinski definition) is 1. The van der Waals surface area contributed by atoms with E-state index in [0.717, 1.165) is 36.9 Å². The van der Waals surface area contributed by atoms with Crippen molar-refractivity contribution in [3.8, 4) is 0 Å². The first-order valence-electron chi connectivity index (χ1n) is 7.48. The van der Waals surface area contributed by atoms with E-state index in [1.165, 1.54) is 24.6 Å². The molecule has 4 heteroatoms. The summed E-state index contributed by atoms with van der Waals surface area (Å²) in [4.78, 5) is 11.3. The van der Waals surface area contributed by atoms with Gasteiger partial charge in [0, 0.05) is 18.5 Å². The van der Waals surface area contributed by atoms with Gasteiger partial charge in [0.15, 0.2) is 0 Å². The van der Waals surface area contributed by atoms with E-state index in [2.05, 4.69) is 38.4 Å². The zero-order valence-corrected chi connectivity index (χ0v) is 12.0. The van der Waals surface area contributed by atoms with Crippen LogP contribution in [0.3, 0.4) is 0 Å². The molecule has 0 saturated carbocycles. The highest BCUT2D eigenvalue weighted by atomic mass is 15.2. The summed E-state index contributed by atoms with van der Waals surface area (Å²) in [6.07, 6.45) is 5.50. The van der Waals surface area contributed by atoms with Crippen molar-refractivity contribution >= 4 is 16.7 Å². The van der Waals surface area contributed by atoms with Gasteiger partial charge in [-0.2, -0.15) is 0 Å². The van der Waals surface area contributed by atoms with Gasteiger partial charge in [-0.05, 0) is 50.9 Å². The van der Waals surface area contributed by atoms with Gasteiger partial charge in [0.1, 0.15) is 12.1 Å². The number of fused-ring (bicyclic) bond motifs is 1. The normalized spacial score (nSPS) is 16.8. The summed E-state index contributed by atoms with van der Waals surface area (Å²) in [5, 5.41) is 4.42. The van der Waals surface area contributed by atoms with Crippen molar-refractivity contribution in [3.05, 3.63) is 30.6 Å². The minimum Gasteiger partial charge on any atom is -0.356 e. The quantitative estimate of drug-likeness (QED) is 0.926. The second-order valence-corrected chi connectivity index (χ2v) is 5.54. The molecule has 1 N–H and O–H groups in total. The number of rotatable bonds is 4. The molecule has 3 rings (SSSR count). The Bertz CT molecular complexity index is 556. The molecule has 0 atom stereocenters. The van der Waals surface area contributed by atoms with Crippen molar-refractivity contribution in [2.45, 2.75) is 19.3 Å². The number of para-hydroxylation sites is 1. The van der Waals surface area contributed by atoms with Crippen LogP contribution >= 0.6 is 0 Å². The molecule has 106 valence electrons. The average Bonchev–Trinajstić information content (AvgIpc) is 2.53. The molecule has 1 fully saturated rings. The molecule has 1 aliphatic rings. The summed E-state index contributed by atoms with van der Waals surface area (Å²) in [7, 11) is 2.03. The van der Waals surface area contributed by atoms with E-state index in [1.807, 2.05) is 13.1 Å². The van der Waals surface area contributed by atoms with Crippen LogP contribution in [0.5, 0.6) is 0 Å². The average molecular weight is 270 g/mol. The van der Waals surface area contributed by atoms with E-state index < -0.39 is 0 Å². The van der Waals surface area contributed by atoms with Crippen LogP contribution < -0.4 is 10.2 Å². The van der Waals surface area contributed by atoms with E-state index in [9.17, 15) is 0 Å². The fraction of sp³-hybridized carbons (Fsp3) is 0.500. The molecule has 1 saturated heterocycles. The van der Waals surface area contributed by atoms with Gasteiger partial charge < -0.3 is 10.2 Å². The Morgan fingerprint density at radius 2 is 2.00 bits per heavy atom. The highest BCUT2D eigenvalue weighted by Crippen LogP contribution is 2.28. The Kier molecular flexibility index (Phi) is 4.11. The van der Waals surface area contributed by atoms with Gasteiger partial charge in [-0.15, -0.1) is 0 Å². The molecule has 1 aliphatic heterocycles. The number of nitrogens with one attached hydrogen (secondary N) is 1. The molecule has 2 aromatic rings. The molecular weight excluding hydrogens is 248 g/mol. The highest BCUT2D eigenvalue weighted by molar-refractivity contribution is 5.89. The van der Waals surface area contributed by atoms with Crippen molar-refractivity contribution in [1.82, 2.24) is 15.3 Å². The van der Waals surface area contributed by atoms with Gasteiger partial charge in [0.2, 0.25) is 0 Å². The number of benzene rings is 1. The smallest absolute Gasteiger partial charge is 0.139 e. The number of aromatic nitrogens is 2. The maximum atomic E-state index is 4.52. The maximum absolute atomic E-state index is 4.52. The molecule has 4 nitrogen and oxygen atoms in total. The van der Waals surface area contributed by atoms with E-state index in [-0.39, 0.29) is 0 Å². The molecule has 0 bridgehead atoms. The van der Waals surface area contributed by atoms with Crippen LogP contribution in [0.15, 0.2) is 30.6 Å². The van der Waals surface area contributed by atoms with Crippen molar-refractivity contribution in [2.75, 3.05) is 31.6 Å². The van der Waals surface area contributed by atoms with Crippen LogP contribution in [0.25, 0.3) is 10.9 Å². The van der Waals surface area contributed by atoms with Crippen LogP contribution in [0.2, 0.25) is 0 Å². The predicted octanol–water partition coefficient (Wildman–Crippen LogP) is 2.46. The van der Waals surface area contributed by atoms with Crippen LogP contribution in [0.4, 0.5) is 5.82 Å². The lowest BCUT2D eigenvalue weighted by Crippen LogP contribution is -2.35. The Hall–Kier alpha value is -1.68. The number of nitrogens with zero attached hydrogens (tertiary/aromatic N) is 3. The minimum absolute atomic E-state index is 0.854. The second kappa shape index (κ2) is 6.18. The molecule has 0 radical (unpaired) electrons. The standard InChI is InChI=1S/C16H22N4/c1-17-9-6-13-7-10-20(11-8-13)16-14-4-2-3-5-15(14)18-12-19-16/h2-5,12-13,17H,6-11H2,1H3. The molecule has 20 heavy (non-hydrogen) atoms. The lowest BCUT2D eigenvalue weighted by molar-refractivity contribution is 0.377. The van der Waals surface area contributed by atoms with Crippen molar-refractivity contribution in [1.29, 1.82) is 0 Å². The van der Waals surface area contributed by atoms with Gasteiger partial charge in [-0.1, -0.05) is 12.1 Å². The molecule has 2 heterocycles. The zero-order valence-electron chi connectivity index (χ0n) is 12.0.